The van der Waals surface area contributed by atoms with Gasteiger partial charge in [0.25, 0.3) is 0 Å². The molecule has 52 valence electrons. The fraction of sp³-hybridized carbons (Fsp3) is 0.750. The summed E-state index contributed by atoms with van der Waals surface area (Å²) in [5.41, 5.74) is 0. The number of hydrogen-bond donors (Lipinski definition) is 1. The molecule has 1 heteroatoms. The van der Waals surface area contributed by atoms with Crippen molar-refractivity contribution in [3.8, 4) is 0 Å². The van der Waals surface area contributed by atoms with Crippen molar-refractivity contribution >= 4 is 0 Å². The monoisotopic (exact) mass is 125 g/mol. The summed E-state index contributed by atoms with van der Waals surface area (Å²) in [5, 5.41) is 3.27. The van der Waals surface area contributed by atoms with E-state index in [1.165, 1.54) is 12.8 Å². The summed E-state index contributed by atoms with van der Waals surface area (Å²) in [7, 11) is 2.02. The van der Waals surface area contributed by atoms with E-state index in [1.54, 1.807) is 0 Å². The third-order valence-electron chi connectivity index (χ3n) is 2.08. The Kier molecular flexibility index (Phi) is 2.29. The van der Waals surface area contributed by atoms with Crippen molar-refractivity contribution in [2.75, 3.05) is 7.05 Å². The van der Waals surface area contributed by atoms with Gasteiger partial charge in [-0.25, -0.2) is 0 Å². The fourth-order valence-electron chi connectivity index (χ4n) is 1.35. The van der Waals surface area contributed by atoms with Crippen LogP contribution < -0.4 is 5.32 Å². The lowest BCUT2D eigenvalue weighted by Crippen LogP contribution is -2.31. The van der Waals surface area contributed by atoms with E-state index >= 15 is 0 Å². The third-order valence-corrected chi connectivity index (χ3v) is 2.08. The second-order valence-electron chi connectivity index (χ2n) is 2.80. The minimum absolute atomic E-state index is 0.624. The van der Waals surface area contributed by atoms with Gasteiger partial charge in [0.15, 0.2) is 0 Å². The fourth-order valence-corrected chi connectivity index (χ4v) is 1.35. The van der Waals surface area contributed by atoms with Crippen LogP contribution in [0.2, 0.25) is 0 Å². The van der Waals surface area contributed by atoms with Crippen LogP contribution in [-0.2, 0) is 0 Å². The van der Waals surface area contributed by atoms with Gasteiger partial charge in [0.05, 0.1) is 0 Å². The second-order valence-corrected chi connectivity index (χ2v) is 2.80. The van der Waals surface area contributed by atoms with Crippen molar-refractivity contribution in [3.63, 3.8) is 0 Å². The first-order valence-electron chi connectivity index (χ1n) is 3.68. The van der Waals surface area contributed by atoms with Gasteiger partial charge in [-0.1, -0.05) is 19.1 Å². The molecule has 1 aliphatic rings. The van der Waals surface area contributed by atoms with Crippen LogP contribution >= 0.6 is 0 Å². The molecule has 0 aromatic rings. The van der Waals surface area contributed by atoms with E-state index in [9.17, 15) is 0 Å². The highest BCUT2D eigenvalue weighted by Crippen LogP contribution is 2.16. The quantitative estimate of drug-likeness (QED) is 0.524. The molecule has 0 spiro atoms. The van der Waals surface area contributed by atoms with Gasteiger partial charge in [-0.05, 0) is 25.8 Å². The zero-order valence-corrected chi connectivity index (χ0v) is 6.22. The van der Waals surface area contributed by atoms with Crippen molar-refractivity contribution in [1.29, 1.82) is 0 Å². The average Bonchev–Trinajstić information content (AvgIpc) is 1.89. The van der Waals surface area contributed by atoms with E-state index in [0.717, 1.165) is 5.92 Å². The lowest BCUT2D eigenvalue weighted by molar-refractivity contribution is 0.419. The van der Waals surface area contributed by atoms with Crippen LogP contribution in [0.15, 0.2) is 12.2 Å². The molecule has 2 unspecified atom stereocenters. The predicted molar refractivity (Wildman–Crippen MR) is 40.4 cm³/mol. The summed E-state index contributed by atoms with van der Waals surface area (Å²) < 4.78 is 0. The summed E-state index contributed by atoms with van der Waals surface area (Å²) in [6.07, 6.45) is 7.14. The minimum Gasteiger partial charge on any atom is -0.313 e. The van der Waals surface area contributed by atoms with Crippen LogP contribution in [0.3, 0.4) is 0 Å². The molecule has 1 aliphatic carbocycles. The Morgan fingerprint density at radius 2 is 2.33 bits per heavy atom. The average molecular weight is 125 g/mol. The van der Waals surface area contributed by atoms with Gasteiger partial charge >= 0.3 is 0 Å². The van der Waals surface area contributed by atoms with Crippen molar-refractivity contribution in [3.05, 3.63) is 12.2 Å². The summed E-state index contributed by atoms with van der Waals surface area (Å²) in [4.78, 5) is 0. The number of likely N-dealkylation sites (N-methyl/N-ethyl adjacent to an activating group) is 1. The van der Waals surface area contributed by atoms with E-state index < -0.39 is 0 Å². The number of allylic oxidation sites excluding steroid dienone is 1. The Morgan fingerprint density at radius 1 is 1.56 bits per heavy atom. The molecule has 0 bridgehead atoms. The van der Waals surface area contributed by atoms with Crippen LogP contribution in [0.25, 0.3) is 0 Å². The van der Waals surface area contributed by atoms with Gasteiger partial charge in [0.1, 0.15) is 0 Å². The van der Waals surface area contributed by atoms with Gasteiger partial charge in [0.2, 0.25) is 0 Å². The van der Waals surface area contributed by atoms with Crippen LogP contribution in [-0.4, -0.2) is 13.1 Å². The molecule has 0 aliphatic heterocycles. The van der Waals surface area contributed by atoms with Gasteiger partial charge < -0.3 is 5.32 Å². The van der Waals surface area contributed by atoms with E-state index in [2.05, 4.69) is 24.4 Å². The Morgan fingerprint density at radius 3 is 2.78 bits per heavy atom. The second kappa shape index (κ2) is 3.02. The number of hydrogen-bond acceptors (Lipinski definition) is 1. The first-order valence-corrected chi connectivity index (χ1v) is 3.68. The van der Waals surface area contributed by atoms with Gasteiger partial charge in [-0.3, -0.25) is 0 Å². The molecule has 0 fully saturated rings. The maximum atomic E-state index is 3.27. The summed E-state index contributed by atoms with van der Waals surface area (Å²) in [6.45, 7) is 2.30. The zero-order chi connectivity index (χ0) is 6.69. The normalized spacial score (nSPS) is 34.9. The maximum absolute atomic E-state index is 3.27. The van der Waals surface area contributed by atoms with Crippen LogP contribution in [0, 0.1) is 5.92 Å². The van der Waals surface area contributed by atoms with Crippen molar-refractivity contribution in [2.45, 2.75) is 25.8 Å². The van der Waals surface area contributed by atoms with Crippen LogP contribution in [0.5, 0.6) is 0 Å². The highest BCUT2D eigenvalue weighted by molar-refractivity contribution is 4.99. The SMILES string of the molecule is CNC1C=CCCC1C. The van der Waals surface area contributed by atoms with Crippen molar-refractivity contribution in [1.82, 2.24) is 5.32 Å². The summed E-state index contributed by atoms with van der Waals surface area (Å²) >= 11 is 0. The van der Waals surface area contributed by atoms with E-state index in [-0.39, 0.29) is 0 Å². The van der Waals surface area contributed by atoms with Gasteiger partial charge in [-0.2, -0.15) is 0 Å². The molecule has 9 heavy (non-hydrogen) atoms. The molecule has 2 atom stereocenters. The van der Waals surface area contributed by atoms with Crippen LogP contribution in [0.1, 0.15) is 19.8 Å². The Balaban J connectivity index is 2.46. The largest absolute Gasteiger partial charge is 0.313 e. The molecule has 1 nitrogen and oxygen atoms in total. The first kappa shape index (κ1) is 6.81. The molecule has 1 N–H and O–H groups in total. The molecule has 0 aromatic heterocycles. The molecular formula is C8H15N. The predicted octanol–water partition coefficient (Wildman–Crippen LogP) is 1.56. The molecule has 0 radical (unpaired) electrons. The molecule has 0 aromatic carbocycles. The van der Waals surface area contributed by atoms with Crippen molar-refractivity contribution in [2.24, 2.45) is 5.92 Å². The molecule has 0 heterocycles. The number of nitrogens with one attached hydrogen (secondary N) is 1. The molecule has 0 amide bonds. The number of rotatable bonds is 1. The minimum atomic E-state index is 0.624. The summed E-state index contributed by atoms with van der Waals surface area (Å²) in [5.74, 6) is 0.819. The molecule has 1 rings (SSSR count). The highest BCUT2D eigenvalue weighted by Gasteiger charge is 2.13. The molecule has 0 saturated carbocycles. The zero-order valence-electron chi connectivity index (χ0n) is 6.22. The van der Waals surface area contributed by atoms with Gasteiger partial charge in [-0.15, -0.1) is 0 Å². The topological polar surface area (TPSA) is 12.0 Å². The lowest BCUT2D eigenvalue weighted by atomic mass is 9.92. The Bertz CT molecular complexity index is 107. The Hall–Kier alpha value is -0.300. The summed E-state index contributed by atoms with van der Waals surface area (Å²) in [6, 6.07) is 0.624. The smallest absolute Gasteiger partial charge is 0.0273 e. The van der Waals surface area contributed by atoms with E-state index in [4.69, 9.17) is 0 Å². The third kappa shape index (κ3) is 1.55. The molecule has 0 saturated heterocycles. The van der Waals surface area contributed by atoms with Gasteiger partial charge in [0, 0.05) is 6.04 Å². The van der Waals surface area contributed by atoms with E-state index in [0.29, 0.717) is 6.04 Å². The highest BCUT2D eigenvalue weighted by atomic mass is 14.9. The first-order chi connectivity index (χ1) is 4.34. The molecular weight excluding hydrogens is 110 g/mol. The van der Waals surface area contributed by atoms with Crippen molar-refractivity contribution < 1.29 is 0 Å². The maximum Gasteiger partial charge on any atom is 0.0273 e. The van der Waals surface area contributed by atoms with E-state index in [1.807, 2.05) is 7.05 Å². The Labute approximate surface area is 57.1 Å². The lowest BCUT2D eigenvalue weighted by Gasteiger charge is -2.23. The van der Waals surface area contributed by atoms with Crippen LogP contribution in [0.4, 0.5) is 0 Å². The standard InChI is InChI=1S/C8H15N/c1-7-5-3-4-6-8(7)9-2/h4,6-9H,3,5H2,1-2H3.